The van der Waals surface area contributed by atoms with Crippen LogP contribution in [0.25, 0.3) is 0 Å². The van der Waals surface area contributed by atoms with E-state index in [0.29, 0.717) is 11.3 Å². The van der Waals surface area contributed by atoms with Crippen molar-refractivity contribution in [3.63, 3.8) is 0 Å². The van der Waals surface area contributed by atoms with E-state index in [9.17, 15) is 4.79 Å². The molecule has 2 aliphatic heterocycles. The summed E-state index contributed by atoms with van der Waals surface area (Å²) in [4.78, 5) is 17.1. The number of carbonyl (C=O) groups is 1. The maximum absolute atomic E-state index is 12.8. The zero-order chi connectivity index (χ0) is 18.1. The van der Waals surface area contributed by atoms with Gasteiger partial charge in [-0.15, -0.1) is 0 Å². The molecule has 4 rings (SSSR count). The molecule has 2 aromatic rings. The lowest BCUT2D eigenvalue weighted by atomic mass is 10.0. The van der Waals surface area contributed by atoms with Crippen molar-refractivity contribution in [2.75, 3.05) is 19.6 Å². The molecule has 0 saturated carbocycles. The molecule has 0 radical (unpaired) electrons. The van der Waals surface area contributed by atoms with Crippen LogP contribution >= 0.6 is 0 Å². The molecule has 0 unspecified atom stereocenters. The zero-order valence-electron chi connectivity index (χ0n) is 15.1. The van der Waals surface area contributed by atoms with Crippen molar-refractivity contribution in [3.8, 4) is 6.07 Å². The molecule has 0 atom stereocenters. The van der Waals surface area contributed by atoms with Gasteiger partial charge in [-0.2, -0.15) is 10.4 Å². The molecule has 26 heavy (non-hydrogen) atoms. The van der Waals surface area contributed by atoms with Crippen molar-refractivity contribution in [3.05, 3.63) is 52.3 Å². The van der Waals surface area contributed by atoms with Crippen LogP contribution in [0.2, 0.25) is 0 Å². The summed E-state index contributed by atoms with van der Waals surface area (Å²) in [6.45, 7) is 4.19. The van der Waals surface area contributed by atoms with E-state index in [0.717, 1.165) is 68.8 Å². The number of aromatic nitrogens is 2. The largest absolute Gasteiger partial charge is 0.337 e. The molecular weight excluding hydrogens is 326 g/mol. The Balaban J connectivity index is 1.52. The summed E-state index contributed by atoms with van der Waals surface area (Å²) in [7, 11) is 1.93. The van der Waals surface area contributed by atoms with Gasteiger partial charge < -0.3 is 4.90 Å². The second kappa shape index (κ2) is 6.93. The molecule has 1 aromatic carbocycles. The molecule has 2 aliphatic rings. The van der Waals surface area contributed by atoms with E-state index in [4.69, 9.17) is 5.26 Å². The Morgan fingerprint density at radius 2 is 2.08 bits per heavy atom. The van der Waals surface area contributed by atoms with Gasteiger partial charge in [-0.25, -0.2) is 0 Å². The van der Waals surface area contributed by atoms with E-state index in [2.05, 4.69) is 22.1 Å². The predicted molar refractivity (Wildman–Crippen MR) is 97.3 cm³/mol. The molecule has 134 valence electrons. The number of hydrogen-bond acceptors (Lipinski definition) is 4. The number of benzene rings is 1. The summed E-state index contributed by atoms with van der Waals surface area (Å²) < 4.78 is 1.87. The van der Waals surface area contributed by atoms with Gasteiger partial charge in [-0.3, -0.25) is 14.4 Å². The van der Waals surface area contributed by atoms with Gasteiger partial charge in [0.05, 0.1) is 17.3 Å². The summed E-state index contributed by atoms with van der Waals surface area (Å²) in [5, 5.41) is 13.6. The Bertz CT molecular complexity index is 873. The van der Waals surface area contributed by atoms with Gasteiger partial charge in [0.25, 0.3) is 5.91 Å². The minimum atomic E-state index is 0.0921. The van der Waals surface area contributed by atoms with Crippen LogP contribution in [0.3, 0.4) is 0 Å². The molecule has 1 aromatic heterocycles. The molecule has 0 spiro atoms. The van der Waals surface area contributed by atoms with Crippen LogP contribution in [-0.4, -0.2) is 45.1 Å². The first-order chi connectivity index (χ1) is 12.7. The monoisotopic (exact) mass is 349 g/mol. The molecule has 1 saturated heterocycles. The molecule has 0 N–H and O–H groups in total. The Hall–Kier alpha value is -2.65. The smallest absolute Gasteiger partial charge is 0.274 e. The SMILES string of the molecule is Cn1nc(C(=O)N2CCCC2)c2c1CN(Cc1cccc(C#N)c1)CC2. The van der Waals surface area contributed by atoms with E-state index in [-0.39, 0.29) is 5.91 Å². The van der Waals surface area contributed by atoms with Gasteiger partial charge in [0.2, 0.25) is 0 Å². The third kappa shape index (κ3) is 3.11. The fraction of sp³-hybridized carbons (Fsp3) is 0.450. The van der Waals surface area contributed by atoms with Gasteiger partial charge in [-0.1, -0.05) is 12.1 Å². The first kappa shape index (κ1) is 16.8. The van der Waals surface area contributed by atoms with Crippen LogP contribution < -0.4 is 0 Å². The lowest BCUT2D eigenvalue weighted by molar-refractivity contribution is 0.0784. The Labute approximate surface area is 153 Å². The van der Waals surface area contributed by atoms with E-state index in [1.54, 1.807) is 0 Å². The molecule has 0 aliphatic carbocycles. The van der Waals surface area contributed by atoms with E-state index < -0.39 is 0 Å². The number of nitrogens with zero attached hydrogens (tertiary/aromatic N) is 5. The highest BCUT2D eigenvalue weighted by Gasteiger charge is 2.30. The van der Waals surface area contributed by atoms with Crippen molar-refractivity contribution >= 4 is 5.91 Å². The fourth-order valence-electron chi connectivity index (χ4n) is 4.00. The van der Waals surface area contributed by atoms with Crippen LogP contribution in [0, 0.1) is 11.3 Å². The standard InChI is InChI=1S/C20H23N5O/c1-23-18-14-24(13-16-6-4-5-15(11-16)12-21)10-7-17(18)19(22-23)20(26)25-8-2-3-9-25/h4-6,11H,2-3,7-10,13-14H2,1H3. The second-order valence-corrected chi connectivity index (χ2v) is 7.17. The lowest BCUT2D eigenvalue weighted by Gasteiger charge is -2.27. The van der Waals surface area contributed by atoms with E-state index in [1.807, 2.05) is 34.8 Å². The maximum Gasteiger partial charge on any atom is 0.274 e. The van der Waals surface area contributed by atoms with Crippen LogP contribution in [0.15, 0.2) is 24.3 Å². The fourth-order valence-corrected chi connectivity index (χ4v) is 4.00. The molecule has 1 amide bonds. The zero-order valence-corrected chi connectivity index (χ0v) is 15.1. The maximum atomic E-state index is 12.8. The molecule has 6 heteroatoms. The average Bonchev–Trinajstić information content (AvgIpc) is 3.30. The van der Waals surface area contributed by atoms with E-state index >= 15 is 0 Å². The minimum Gasteiger partial charge on any atom is -0.337 e. The molecule has 1 fully saturated rings. The summed E-state index contributed by atoms with van der Waals surface area (Å²) in [6, 6.07) is 9.96. The van der Waals surface area contributed by atoms with Gasteiger partial charge >= 0.3 is 0 Å². The highest BCUT2D eigenvalue weighted by Crippen LogP contribution is 2.25. The highest BCUT2D eigenvalue weighted by molar-refractivity contribution is 5.94. The third-order valence-electron chi connectivity index (χ3n) is 5.38. The van der Waals surface area contributed by atoms with Crippen molar-refractivity contribution in [1.82, 2.24) is 19.6 Å². The number of nitriles is 1. The second-order valence-electron chi connectivity index (χ2n) is 7.17. The Morgan fingerprint density at radius 3 is 2.85 bits per heavy atom. The number of carbonyl (C=O) groups excluding carboxylic acids is 1. The van der Waals surface area contributed by atoms with Crippen molar-refractivity contribution in [1.29, 1.82) is 5.26 Å². The first-order valence-corrected chi connectivity index (χ1v) is 9.21. The number of likely N-dealkylation sites (tertiary alicyclic amines) is 1. The number of hydrogen-bond donors (Lipinski definition) is 0. The summed E-state index contributed by atoms with van der Waals surface area (Å²) in [5.41, 5.74) is 4.74. The quantitative estimate of drug-likeness (QED) is 0.851. The van der Waals surface area contributed by atoms with Crippen LogP contribution in [0.5, 0.6) is 0 Å². The number of rotatable bonds is 3. The Kier molecular flexibility index (Phi) is 4.48. The minimum absolute atomic E-state index is 0.0921. The van der Waals surface area contributed by atoms with E-state index in [1.165, 1.54) is 0 Å². The normalized spacial score (nSPS) is 17.2. The topological polar surface area (TPSA) is 65.2 Å². The number of fused-ring (bicyclic) bond motifs is 1. The van der Waals surface area contributed by atoms with Gasteiger partial charge in [0, 0.05) is 45.3 Å². The average molecular weight is 349 g/mol. The van der Waals surface area contributed by atoms with Gasteiger partial charge in [-0.05, 0) is 37.0 Å². The lowest BCUT2D eigenvalue weighted by Crippen LogP contribution is -2.32. The highest BCUT2D eigenvalue weighted by atomic mass is 16.2. The van der Waals surface area contributed by atoms with Crippen LogP contribution in [-0.2, 0) is 26.6 Å². The summed E-state index contributed by atoms with van der Waals surface area (Å²) >= 11 is 0. The molecule has 6 nitrogen and oxygen atoms in total. The van der Waals surface area contributed by atoms with Gasteiger partial charge in [0.15, 0.2) is 5.69 Å². The van der Waals surface area contributed by atoms with Crippen molar-refractivity contribution in [2.24, 2.45) is 7.05 Å². The predicted octanol–water partition coefficient (Wildman–Crippen LogP) is 2.09. The molecular formula is C20H23N5O. The number of aryl methyl sites for hydroxylation is 1. The summed E-state index contributed by atoms with van der Waals surface area (Å²) in [6.07, 6.45) is 3.03. The van der Waals surface area contributed by atoms with Crippen LogP contribution in [0.4, 0.5) is 0 Å². The first-order valence-electron chi connectivity index (χ1n) is 9.21. The van der Waals surface area contributed by atoms with Crippen molar-refractivity contribution in [2.45, 2.75) is 32.4 Å². The number of amides is 1. The Morgan fingerprint density at radius 1 is 1.27 bits per heavy atom. The third-order valence-corrected chi connectivity index (χ3v) is 5.38. The van der Waals surface area contributed by atoms with Gasteiger partial charge in [0.1, 0.15) is 0 Å². The molecule has 0 bridgehead atoms. The van der Waals surface area contributed by atoms with Crippen molar-refractivity contribution < 1.29 is 4.79 Å². The summed E-state index contributed by atoms with van der Waals surface area (Å²) in [5.74, 6) is 0.0921. The van der Waals surface area contributed by atoms with Crippen LogP contribution in [0.1, 0.15) is 45.7 Å². The molecule has 3 heterocycles.